The molecule has 0 aliphatic carbocycles. The first kappa shape index (κ1) is 14.5. The van der Waals surface area contributed by atoms with Gasteiger partial charge in [-0.15, -0.1) is 5.92 Å². The molecule has 18 heavy (non-hydrogen) atoms. The largest absolute Gasteiger partial charge is 0.478 e. The molecule has 0 spiro atoms. The Morgan fingerprint density at radius 2 is 2.22 bits per heavy atom. The molecule has 98 valence electrons. The van der Waals surface area contributed by atoms with Crippen LogP contribution in [0.15, 0.2) is 18.2 Å². The van der Waals surface area contributed by atoms with E-state index in [2.05, 4.69) is 17.2 Å². The van der Waals surface area contributed by atoms with Gasteiger partial charge in [-0.2, -0.15) is 0 Å². The average Bonchev–Trinajstić information content (AvgIpc) is 2.37. The third-order valence-electron chi connectivity index (χ3n) is 2.28. The van der Waals surface area contributed by atoms with Gasteiger partial charge in [0.05, 0.1) is 6.61 Å². The molecule has 0 unspecified atom stereocenters. The Balaban J connectivity index is 2.47. The fraction of sp³-hybridized carbons (Fsp3) is 0.429. The number of benzene rings is 1. The first-order valence-corrected chi connectivity index (χ1v) is 5.78. The molecule has 0 amide bonds. The standard InChI is InChI=1S/C14H18FNO2/c1-3-4-8-18-14-6-5-12(10-13(14)15)11-16-7-9-17-2/h5-6,10,16H,7-9,11H2,1-2H3. The molecule has 0 radical (unpaired) electrons. The van der Waals surface area contributed by atoms with Gasteiger partial charge in [-0.25, -0.2) is 4.39 Å². The highest BCUT2D eigenvalue weighted by Crippen LogP contribution is 2.18. The highest BCUT2D eigenvalue weighted by atomic mass is 19.1. The molecule has 1 N–H and O–H groups in total. The van der Waals surface area contributed by atoms with Gasteiger partial charge in [0.2, 0.25) is 0 Å². The molecule has 0 saturated heterocycles. The predicted octanol–water partition coefficient (Wildman–Crippen LogP) is 1.96. The van der Waals surface area contributed by atoms with Crippen LogP contribution in [-0.4, -0.2) is 26.9 Å². The molecular weight excluding hydrogens is 233 g/mol. The van der Waals surface area contributed by atoms with E-state index in [1.807, 2.05) is 6.07 Å². The van der Waals surface area contributed by atoms with E-state index in [4.69, 9.17) is 9.47 Å². The molecule has 0 saturated carbocycles. The van der Waals surface area contributed by atoms with E-state index in [1.165, 1.54) is 6.07 Å². The number of halogens is 1. The van der Waals surface area contributed by atoms with E-state index in [1.54, 1.807) is 20.1 Å². The minimum absolute atomic E-state index is 0.207. The zero-order valence-corrected chi connectivity index (χ0v) is 10.8. The van der Waals surface area contributed by atoms with Crippen molar-refractivity contribution in [2.45, 2.75) is 13.5 Å². The number of hydrogen-bond acceptors (Lipinski definition) is 3. The van der Waals surface area contributed by atoms with Crippen LogP contribution in [0.3, 0.4) is 0 Å². The van der Waals surface area contributed by atoms with E-state index in [-0.39, 0.29) is 18.2 Å². The summed E-state index contributed by atoms with van der Waals surface area (Å²) >= 11 is 0. The second-order valence-corrected chi connectivity index (χ2v) is 3.65. The second kappa shape index (κ2) is 8.51. The van der Waals surface area contributed by atoms with Gasteiger partial charge in [0, 0.05) is 20.2 Å². The molecule has 1 rings (SSSR count). The molecule has 1 aromatic rings. The van der Waals surface area contributed by atoms with Crippen molar-refractivity contribution in [1.29, 1.82) is 0 Å². The summed E-state index contributed by atoms with van der Waals surface area (Å²) in [5.41, 5.74) is 0.873. The summed E-state index contributed by atoms with van der Waals surface area (Å²) in [6.45, 7) is 3.91. The number of hydrogen-bond donors (Lipinski definition) is 1. The fourth-order valence-electron chi connectivity index (χ4n) is 1.36. The summed E-state index contributed by atoms with van der Waals surface area (Å²) < 4.78 is 23.7. The van der Waals surface area contributed by atoms with Gasteiger partial charge in [-0.1, -0.05) is 12.0 Å². The molecule has 0 aromatic heterocycles. The molecule has 0 bridgehead atoms. The van der Waals surface area contributed by atoms with Gasteiger partial charge in [0.25, 0.3) is 0 Å². The summed E-state index contributed by atoms with van der Waals surface area (Å²) in [4.78, 5) is 0. The molecular formula is C14H18FNO2. The normalized spacial score (nSPS) is 9.72. The molecule has 3 nitrogen and oxygen atoms in total. The number of nitrogens with one attached hydrogen (secondary N) is 1. The molecule has 4 heteroatoms. The highest BCUT2D eigenvalue weighted by molar-refractivity contribution is 5.29. The van der Waals surface area contributed by atoms with Crippen LogP contribution in [0.2, 0.25) is 0 Å². The molecule has 0 fully saturated rings. The van der Waals surface area contributed by atoms with Crippen LogP contribution in [-0.2, 0) is 11.3 Å². The molecule has 0 heterocycles. The van der Waals surface area contributed by atoms with Crippen molar-refractivity contribution in [2.24, 2.45) is 0 Å². The second-order valence-electron chi connectivity index (χ2n) is 3.65. The van der Waals surface area contributed by atoms with Gasteiger partial charge in [-0.3, -0.25) is 0 Å². The maximum Gasteiger partial charge on any atom is 0.165 e. The summed E-state index contributed by atoms with van der Waals surface area (Å²) in [6, 6.07) is 4.92. The van der Waals surface area contributed by atoms with Crippen LogP contribution in [0.25, 0.3) is 0 Å². The first-order valence-electron chi connectivity index (χ1n) is 5.78. The van der Waals surface area contributed by atoms with Gasteiger partial charge < -0.3 is 14.8 Å². The summed E-state index contributed by atoms with van der Waals surface area (Å²) in [5, 5.41) is 3.15. The van der Waals surface area contributed by atoms with Crippen LogP contribution in [0, 0.1) is 17.7 Å². The third-order valence-corrected chi connectivity index (χ3v) is 2.28. The maximum atomic E-state index is 13.6. The lowest BCUT2D eigenvalue weighted by atomic mass is 10.2. The van der Waals surface area contributed by atoms with E-state index >= 15 is 0 Å². The van der Waals surface area contributed by atoms with Crippen LogP contribution in [0.4, 0.5) is 4.39 Å². The Morgan fingerprint density at radius 1 is 1.39 bits per heavy atom. The minimum atomic E-state index is -0.362. The van der Waals surface area contributed by atoms with Crippen molar-refractivity contribution in [1.82, 2.24) is 5.32 Å². The maximum absolute atomic E-state index is 13.6. The van der Waals surface area contributed by atoms with Crippen molar-refractivity contribution in [3.8, 4) is 17.6 Å². The molecule has 0 atom stereocenters. The Labute approximate surface area is 107 Å². The van der Waals surface area contributed by atoms with Crippen LogP contribution in [0.5, 0.6) is 5.75 Å². The number of rotatable bonds is 7. The van der Waals surface area contributed by atoms with Gasteiger partial charge in [0.1, 0.15) is 6.61 Å². The van der Waals surface area contributed by atoms with Gasteiger partial charge in [0.15, 0.2) is 11.6 Å². The van der Waals surface area contributed by atoms with Crippen molar-refractivity contribution < 1.29 is 13.9 Å². The van der Waals surface area contributed by atoms with E-state index < -0.39 is 0 Å². The van der Waals surface area contributed by atoms with Crippen LogP contribution < -0.4 is 10.1 Å². The SMILES string of the molecule is CC#CCOc1ccc(CNCCOC)cc1F. The zero-order valence-electron chi connectivity index (χ0n) is 10.8. The lowest BCUT2D eigenvalue weighted by Crippen LogP contribution is -2.18. The predicted molar refractivity (Wildman–Crippen MR) is 68.9 cm³/mol. The first-order chi connectivity index (χ1) is 8.77. The summed E-state index contributed by atoms with van der Waals surface area (Å²) in [6.07, 6.45) is 0. The quantitative estimate of drug-likeness (QED) is 0.593. The lowest BCUT2D eigenvalue weighted by molar-refractivity contribution is 0.199. The number of methoxy groups -OCH3 is 1. The summed E-state index contributed by atoms with van der Waals surface area (Å²) in [7, 11) is 1.65. The Morgan fingerprint density at radius 3 is 2.89 bits per heavy atom. The number of ether oxygens (including phenoxy) is 2. The van der Waals surface area contributed by atoms with Crippen LogP contribution >= 0.6 is 0 Å². The van der Waals surface area contributed by atoms with Crippen molar-refractivity contribution in [3.63, 3.8) is 0 Å². The Kier molecular flexibility index (Phi) is 6.85. The molecule has 0 aliphatic heterocycles. The minimum Gasteiger partial charge on any atom is -0.478 e. The molecule has 0 aliphatic rings. The van der Waals surface area contributed by atoms with Crippen molar-refractivity contribution in [3.05, 3.63) is 29.6 Å². The van der Waals surface area contributed by atoms with Crippen LogP contribution in [0.1, 0.15) is 12.5 Å². The molecule has 1 aromatic carbocycles. The van der Waals surface area contributed by atoms with E-state index in [0.29, 0.717) is 13.2 Å². The lowest BCUT2D eigenvalue weighted by Gasteiger charge is -2.07. The summed E-state index contributed by atoms with van der Waals surface area (Å²) in [5.74, 6) is 5.28. The van der Waals surface area contributed by atoms with E-state index in [0.717, 1.165) is 12.1 Å². The Hall–Kier alpha value is -1.57. The average molecular weight is 251 g/mol. The monoisotopic (exact) mass is 251 g/mol. The smallest absolute Gasteiger partial charge is 0.165 e. The Bertz CT molecular complexity index is 424. The topological polar surface area (TPSA) is 30.5 Å². The zero-order chi connectivity index (χ0) is 13.2. The highest BCUT2D eigenvalue weighted by Gasteiger charge is 2.04. The van der Waals surface area contributed by atoms with Gasteiger partial charge in [-0.05, 0) is 24.6 Å². The fourth-order valence-corrected chi connectivity index (χ4v) is 1.36. The third kappa shape index (κ3) is 5.17. The van der Waals surface area contributed by atoms with Crippen molar-refractivity contribution >= 4 is 0 Å². The van der Waals surface area contributed by atoms with E-state index in [9.17, 15) is 4.39 Å². The van der Waals surface area contributed by atoms with Crippen molar-refractivity contribution in [2.75, 3.05) is 26.9 Å². The van der Waals surface area contributed by atoms with Gasteiger partial charge >= 0.3 is 0 Å².